The van der Waals surface area contributed by atoms with Gasteiger partial charge < -0.3 is 25.4 Å². The minimum Gasteiger partial charge on any atom is -0.493 e. The molecule has 1 aromatic carbocycles. The molecule has 0 unspecified atom stereocenters. The van der Waals surface area contributed by atoms with Crippen LogP contribution in [0.2, 0.25) is 0 Å². The summed E-state index contributed by atoms with van der Waals surface area (Å²) in [7, 11) is 1.59. The first-order chi connectivity index (χ1) is 13.1. The lowest BCUT2D eigenvalue weighted by molar-refractivity contribution is 0.0946. The van der Waals surface area contributed by atoms with E-state index in [0.717, 1.165) is 25.2 Å². The molecule has 0 saturated carbocycles. The third-order valence-corrected chi connectivity index (χ3v) is 4.18. The Morgan fingerprint density at radius 1 is 1.19 bits per heavy atom. The SMILES string of the molecule is CCN(CC)CCOc1ccc(CNC(=O)c2nccnc2N)cc1OC. The molecule has 3 N–H and O–H groups in total. The van der Waals surface area contributed by atoms with Crippen molar-refractivity contribution < 1.29 is 14.3 Å². The van der Waals surface area contributed by atoms with Crippen molar-refractivity contribution in [3.8, 4) is 11.5 Å². The lowest BCUT2D eigenvalue weighted by Crippen LogP contribution is -2.28. The van der Waals surface area contributed by atoms with Crippen LogP contribution in [-0.4, -0.2) is 54.1 Å². The fraction of sp³-hybridized carbons (Fsp3) is 0.421. The summed E-state index contributed by atoms with van der Waals surface area (Å²) in [6.45, 7) is 7.99. The topological polar surface area (TPSA) is 103 Å². The molecule has 8 nitrogen and oxygen atoms in total. The zero-order valence-electron chi connectivity index (χ0n) is 16.1. The summed E-state index contributed by atoms with van der Waals surface area (Å²) < 4.78 is 11.3. The van der Waals surface area contributed by atoms with Crippen LogP contribution in [0.3, 0.4) is 0 Å². The molecule has 27 heavy (non-hydrogen) atoms. The van der Waals surface area contributed by atoms with Crippen molar-refractivity contribution in [3.63, 3.8) is 0 Å². The minimum absolute atomic E-state index is 0.101. The van der Waals surface area contributed by atoms with Crippen molar-refractivity contribution in [2.24, 2.45) is 0 Å². The number of ether oxygens (including phenoxy) is 2. The highest BCUT2D eigenvalue weighted by Gasteiger charge is 2.12. The number of nitrogens with two attached hydrogens (primary N) is 1. The molecule has 0 saturated heterocycles. The number of benzene rings is 1. The molecule has 8 heteroatoms. The van der Waals surface area contributed by atoms with E-state index < -0.39 is 0 Å². The first-order valence-corrected chi connectivity index (χ1v) is 8.95. The number of nitrogen functional groups attached to an aromatic ring is 1. The van der Waals surface area contributed by atoms with Crippen LogP contribution in [0.1, 0.15) is 29.9 Å². The summed E-state index contributed by atoms with van der Waals surface area (Å²) in [5, 5.41) is 2.78. The van der Waals surface area contributed by atoms with E-state index in [1.165, 1.54) is 12.4 Å². The Morgan fingerprint density at radius 2 is 1.93 bits per heavy atom. The molecule has 0 spiro atoms. The van der Waals surface area contributed by atoms with E-state index in [9.17, 15) is 4.79 Å². The van der Waals surface area contributed by atoms with E-state index in [-0.39, 0.29) is 17.4 Å². The van der Waals surface area contributed by atoms with Crippen LogP contribution in [-0.2, 0) is 6.54 Å². The normalized spacial score (nSPS) is 10.7. The molecule has 0 fully saturated rings. The number of methoxy groups -OCH3 is 1. The minimum atomic E-state index is -0.376. The molecule has 2 aromatic rings. The number of hydrogen-bond donors (Lipinski definition) is 2. The number of carbonyl (C=O) groups excluding carboxylic acids is 1. The van der Waals surface area contributed by atoms with Gasteiger partial charge in [-0.25, -0.2) is 9.97 Å². The molecule has 0 aliphatic carbocycles. The number of hydrogen-bond acceptors (Lipinski definition) is 7. The van der Waals surface area contributed by atoms with E-state index in [0.29, 0.717) is 24.7 Å². The first-order valence-electron chi connectivity index (χ1n) is 8.95. The number of rotatable bonds is 10. The zero-order chi connectivity index (χ0) is 19.6. The predicted octanol–water partition coefficient (Wildman–Crippen LogP) is 1.72. The van der Waals surface area contributed by atoms with Crippen molar-refractivity contribution in [3.05, 3.63) is 41.9 Å². The van der Waals surface area contributed by atoms with Crippen molar-refractivity contribution in [2.45, 2.75) is 20.4 Å². The van der Waals surface area contributed by atoms with Crippen molar-refractivity contribution in [1.82, 2.24) is 20.2 Å². The largest absolute Gasteiger partial charge is 0.493 e. The Morgan fingerprint density at radius 3 is 2.59 bits per heavy atom. The van der Waals surface area contributed by atoms with Gasteiger partial charge in [-0.15, -0.1) is 0 Å². The first kappa shape index (κ1) is 20.4. The van der Waals surface area contributed by atoms with Crippen LogP contribution in [0.4, 0.5) is 5.82 Å². The maximum atomic E-state index is 12.2. The Labute approximate surface area is 159 Å². The van der Waals surface area contributed by atoms with E-state index in [1.807, 2.05) is 18.2 Å². The molecule has 0 bridgehead atoms. The van der Waals surface area contributed by atoms with E-state index >= 15 is 0 Å². The maximum absolute atomic E-state index is 12.2. The van der Waals surface area contributed by atoms with Gasteiger partial charge in [0.15, 0.2) is 23.0 Å². The van der Waals surface area contributed by atoms with Gasteiger partial charge in [0, 0.05) is 25.5 Å². The van der Waals surface area contributed by atoms with Crippen LogP contribution < -0.4 is 20.5 Å². The number of likely N-dealkylation sites (N-methyl/N-ethyl adjacent to an activating group) is 1. The molecule has 1 aromatic heterocycles. The van der Waals surface area contributed by atoms with E-state index in [1.54, 1.807) is 7.11 Å². The fourth-order valence-corrected chi connectivity index (χ4v) is 2.56. The molecular weight excluding hydrogens is 346 g/mol. The number of nitrogens with zero attached hydrogens (tertiary/aromatic N) is 3. The van der Waals surface area contributed by atoms with Gasteiger partial charge >= 0.3 is 0 Å². The molecule has 0 radical (unpaired) electrons. The molecule has 146 valence electrons. The average Bonchev–Trinajstić information content (AvgIpc) is 2.70. The third kappa shape index (κ3) is 5.82. The van der Waals surface area contributed by atoms with Gasteiger partial charge in [-0.05, 0) is 30.8 Å². The van der Waals surface area contributed by atoms with Gasteiger partial charge in [0.25, 0.3) is 5.91 Å². The lowest BCUT2D eigenvalue weighted by Gasteiger charge is -2.19. The van der Waals surface area contributed by atoms with Crippen LogP contribution >= 0.6 is 0 Å². The Bertz CT molecular complexity index is 750. The highest BCUT2D eigenvalue weighted by atomic mass is 16.5. The number of nitrogens with one attached hydrogen (secondary N) is 1. The summed E-state index contributed by atoms with van der Waals surface area (Å²) >= 11 is 0. The predicted molar refractivity (Wildman–Crippen MR) is 104 cm³/mol. The van der Waals surface area contributed by atoms with Gasteiger partial charge in [-0.2, -0.15) is 0 Å². The summed E-state index contributed by atoms with van der Waals surface area (Å²) in [5.74, 6) is 1.03. The quantitative estimate of drug-likeness (QED) is 0.653. The Hall–Kier alpha value is -2.87. The molecular formula is C19H27N5O3. The van der Waals surface area contributed by atoms with Gasteiger partial charge in [0.05, 0.1) is 7.11 Å². The van der Waals surface area contributed by atoms with Crippen molar-refractivity contribution >= 4 is 11.7 Å². The van der Waals surface area contributed by atoms with Gasteiger partial charge in [0.1, 0.15) is 6.61 Å². The summed E-state index contributed by atoms with van der Waals surface area (Å²) in [6.07, 6.45) is 2.87. The monoisotopic (exact) mass is 373 g/mol. The lowest BCUT2D eigenvalue weighted by atomic mass is 10.2. The number of amides is 1. The average molecular weight is 373 g/mol. The molecule has 1 heterocycles. The molecule has 1 amide bonds. The number of anilines is 1. The number of carbonyl (C=O) groups is 1. The smallest absolute Gasteiger partial charge is 0.273 e. The van der Waals surface area contributed by atoms with Crippen LogP contribution in [0.15, 0.2) is 30.6 Å². The Kier molecular flexibility index (Phi) is 7.81. The summed E-state index contributed by atoms with van der Waals surface area (Å²) in [6, 6.07) is 5.57. The van der Waals surface area contributed by atoms with Gasteiger partial charge in [0.2, 0.25) is 0 Å². The van der Waals surface area contributed by atoms with Crippen molar-refractivity contribution in [1.29, 1.82) is 0 Å². The van der Waals surface area contributed by atoms with Crippen LogP contribution in [0.5, 0.6) is 11.5 Å². The summed E-state index contributed by atoms with van der Waals surface area (Å²) in [4.78, 5) is 22.3. The second-order valence-corrected chi connectivity index (χ2v) is 5.83. The molecule has 0 aliphatic heterocycles. The molecule has 2 rings (SSSR count). The maximum Gasteiger partial charge on any atom is 0.273 e. The molecule has 0 atom stereocenters. The highest BCUT2D eigenvalue weighted by molar-refractivity contribution is 5.96. The second-order valence-electron chi connectivity index (χ2n) is 5.83. The molecule has 0 aliphatic rings. The third-order valence-electron chi connectivity index (χ3n) is 4.18. The van der Waals surface area contributed by atoms with E-state index in [2.05, 4.69) is 34.0 Å². The van der Waals surface area contributed by atoms with Gasteiger partial charge in [-0.3, -0.25) is 4.79 Å². The zero-order valence-corrected chi connectivity index (χ0v) is 16.1. The van der Waals surface area contributed by atoms with E-state index in [4.69, 9.17) is 15.2 Å². The van der Waals surface area contributed by atoms with Gasteiger partial charge in [-0.1, -0.05) is 19.9 Å². The standard InChI is InChI=1S/C19H27N5O3/c1-4-24(5-2)10-11-27-15-7-6-14(12-16(15)26-3)13-23-19(25)17-18(20)22-9-8-21-17/h6-9,12H,4-5,10-11,13H2,1-3H3,(H2,20,22)(H,23,25). The van der Waals surface area contributed by atoms with Crippen molar-refractivity contribution in [2.75, 3.05) is 39.1 Å². The highest BCUT2D eigenvalue weighted by Crippen LogP contribution is 2.28. The van der Waals surface area contributed by atoms with Crippen LogP contribution in [0, 0.1) is 0 Å². The Balaban J connectivity index is 1.95. The van der Waals surface area contributed by atoms with Crippen LogP contribution in [0.25, 0.3) is 0 Å². The summed E-state index contributed by atoms with van der Waals surface area (Å²) in [5.41, 5.74) is 6.66. The number of aromatic nitrogens is 2. The fourth-order valence-electron chi connectivity index (χ4n) is 2.56. The second kappa shape index (κ2) is 10.3.